The molecule has 0 radical (unpaired) electrons. The van der Waals surface area contributed by atoms with E-state index in [2.05, 4.69) is 5.32 Å². The van der Waals surface area contributed by atoms with Gasteiger partial charge in [0.05, 0.1) is 12.7 Å². The summed E-state index contributed by atoms with van der Waals surface area (Å²) in [6.45, 7) is 4.75. The highest BCUT2D eigenvalue weighted by Gasteiger charge is 2.13. The number of ketones is 1. The normalized spacial score (nSPS) is 18.4. The highest BCUT2D eigenvalue weighted by molar-refractivity contribution is 5.78. The van der Waals surface area contributed by atoms with Crippen molar-refractivity contribution in [1.82, 2.24) is 5.32 Å². The fraction of sp³-hybridized carbons (Fsp3) is 0.909. The van der Waals surface area contributed by atoms with Crippen molar-refractivity contribution in [3.63, 3.8) is 0 Å². The third kappa shape index (κ3) is 4.72. The SMILES string of the molecule is CCCC(=O)CCOC1CCNCC1. The largest absolute Gasteiger partial charge is 0.378 e. The summed E-state index contributed by atoms with van der Waals surface area (Å²) in [5.41, 5.74) is 0. The van der Waals surface area contributed by atoms with Crippen molar-refractivity contribution < 1.29 is 9.53 Å². The maximum Gasteiger partial charge on any atom is 0.135 e. The van der Waals surface area contributed by atoms with Crippen LogP contribution in [0.2, 0.25) is 0 Å². The monoisotopic (exact) mass is 199 g/mol. The lowest BCUT2D eigenvalue weighted by Gasteiger charge is -2.22. The van der Waals surface area contributed by atoms with Crippen molar-refractivity contribution in [3.8, 4) is 0 Å². The average Bonchev–Trinajstić information content (AvgIpc) is 2.20. The zero-order chi connectivity index (χ0) is 10.2. The van der Waals surface area contributed by atoms with E-state index in [1.165, 1.54) is 0 Å². The molecule has 0 aliphatic carbocycles. The fourth-order valence-electron chi connectivity index (χ4n) is 1.71. The number of carbonyl (C=O) groups is 1. The van der Waals surface area contributed by atoms with Gasteiger partial charge in [-0.2, -0.15) is 0 Å². The second kappa shape index (κ2) is 6.96. The Morgan fingerprint density at radius 2 is 2.07 bits per heavy atom. The predicted molar refractivity (Wildman–Crippen MR) is 56.4 cm³/mol. The van der Waals surface area contributed by atoms with Crippen LogP contribution in [0.1, 0.15) is 39.0 Å². The molecule has 0 aromatic carbocycles. The van der Waals surface area contributed by atoms with Gasteiger partial charge in [0.15, 0.2) is 0 Å². The average molecular weight is 199 g/mol. The highest BCUT2D eigenvalue weighted by Crippen LogP contribution is 2.07. The van der Waals surface area contributed by atoms with E-state index in [1.807, 2.05) is 6.92 Å². The molecule has 0 aromatic heterocycles. The summed E-state index contributed by atoms with van der Waals surface area (Å²) >= 11 is 0. The molecule has 82 valence electrons. The number of carbonyl (C=O) groups excluding carboxylic acids is 1. The van der Waals surface area contributed by atoms with Gasteiger partial charge in [-0.1, -0.05) is 6.92 Å². The molecule has 1 aliphatic rings. The molecule has 14 heavy (non-hydrogen) atoms. The van der Waals surface area contributed by atoms with E-state index in [0.717, 1.165) is 32.4 Å². The summed E-state index contributed by atoms with van der Waals surface area (Å²) in [6, 6.07) is 0. The molecule has 1 aliphatic heterocycles. The Balaban J connectivity index is 1.99. The Hall–Kier alpha value is -0.410. The van der Waals surface area contributed by atoms with Gasteiger partial charge in [0.25, 0.3) is 0 Å². The summed E-state index contributed by atoms with van der Waals surface area (Å²) in [7, 11) is 0. The van der Waals surface area contributed by atoms with Gasteiger partial charge in [0, 0.05) is 12.8 Å². The molecule has 0 unspecified atom stereocenters. The molecular weight excluding hydrogens is 178 g/mol. The molecule has 1 rings (SSSR count). The number of hydrogen-bond donors (Lipinski definition) is 1. The van der Waals surface area contributed by atoms with Crippen LogP contribution in [0.3, 0.4) is 0 Å². The van der Waals surface area contributed by atoms with E-state index in [0.29, 0.717) is 31.3 Å². The molecule has 1 saturated heterocycles. The van der Waals surface area contributed by atoms with Gasteiger partial charge in [-0.15, -0.1) is 0 Å². The number of hydrogen-bond acceptors (Lipinski definition) is 3. The standard InChI is InChI=1S/C11H21NO2/c1-2-3-10(13)6-9-14-11-4-7-12-8-5-11/h11-12H,2-9H2,1H3. The van der Waals surface area contributed by atoms with Gasteiger partial charge in [-0.25, -0.2) is 0 Å². The van der Waals surface area contributed by atoms with Crippen molar-refractivity contribution in [3.05, 3.63) is 0 Å². The van der Waals surface area contributed by atoms with Gasteiger partial charge < -0.3 is 10.1 Å². The zero-order valence-electron chi connectivity index (χ0n) is 9.05. The third-order valence-corrected chi connectivity index (χ3v) is 2.55. The van der Waals surface area contributed by atoms with Crippen LogP contribution in [-0.4, -0.2) is 31.6 Å². The first-order valence-electron chi connectivity index (χ1n) is 5.67. The van der Waals surface area contributed by atoms with Crippen molar-refractivity contribution in [2.45, 2.75) is 45.1 Å². The Labute approximate surface area is 86.2 Å². The molecule has 0 aromatic rings. The van der Waals surface area contributed by atoms with Crippen molar-refractivity contribution >= 4 is 5.78 Å². The van der Waals surface area contributed by atoms with Crippen LogP contribution in [0.5, 0.6) is 0 Å². The minimum Gasteiger partial charge on any atom is -0.378 e. The molecule has 0 saturated carbocycles. The highest BCUT2D eigenvalue weighted by atomic mass is 16.5. The van der Waals surface area contributed by atoms with Gasteiger partial charge in [0.1, 0.15) is 5.78 Å². The molecular formula is C11H21NO2. The molecule has 3 heteroatoms. The van der Waals surface area contributed by atoms with E-state index in [-0.39, 0.29) is 0 Å². The minimum absolute atomic E-state index is 0.335. The van der Waals surface area contributed by atoms with Gasteiger partial charge in [0.2, 0.25) is 0 Å². The van der Waals surface area contributed by atoms with Crippen LogP contribution in [0.25, 0.3) is 0 Å². The molecule has 0 atom stereocenters. The van der Waals surface area contributed by atoms with Gasteiger partial charge in [-0.05, 0) is 32.4 Å². The number of ether oxygens (including phenoxy) is 1. The number of rotatable bonds is 6. The second-order valence-electron chi connectivity index (χ2n) is 3.86. The van der Waals surface area contributed by atoms with E-state index in [1.54, 1.807) is 0 Å². The molecule has 0 bridgehead atoms. The van der Waals surface area contributed by atoms with Crippen LogP contribution in [0.4, 0.5) is 0 Å². The molecule has 0 spiro atoms. The van der Waals surface area contributed by atoms with Crippen LogP contribution in [-0.2, 0) is 9.53 Å². The summed E-state index contributed by atoms with van der Waals surface area (Å²) in [5.74, 6) is 0.335. The molecule has 1 heterocycles. The molecule has 0 amide bonds. The number of nitrogens with one attached hydrogen (secondary N) is 1. The van der Waals surface area contributed by atoms with Crippen LogP contribution in [0, 0.1) is 0 Å². The quantitative estimate of drug-likeness (QED) is 0.704. The van der Waals surface area contributed by atoms with Gasteiger partial charge in [-0.3, -0.25) is 4.79 Å². The second-order valence-corrected chi connectivity index (χ2v) is 3.86. The minimum atomic E-state index is 0.335. The topological polar surface area (TPSA) is 38.3 Å². The van der Waals surface area contributed by atoms with Crippen LogP contribution in [0.15, 0.2) is 0 Å². The number of Topliss-reactive ketones (excluding diaryl/α,β-unsaturated/α-hetero) is 1. The van der Waals surface area contributed by atoms with Gasteiger partial charge >= 0.3 is 0 Å². The van der Waals surface area contributed by atoms with E-state index in [4.69, 9.17) is 4.74 Å². The maximum absolute atomic E-state index is 11.2. The lowest BCUT2D eigenvalue weighted by atomic mass is 10.1. The molecule has 3 nitrogen and oxygen atoms in total. The predicted octanol–water partition coefficient (Wildman–Crippen LogP) is 1.51. The Morgan fingerprint density at radius 1 is 1.36 bits per heavy atom. The summed E-state index contributed by atoms with van der Waals surface area (Å²) < 4.78 is 5.64. The van der Waals surface area contributed by atoms with E-state index < -0.39 is 0 Å². The summed E-state index contributed by atoms with van der Waals surface area (Å²) in [4.78, 5) is 11.2. The van der Waals surface area contributed by atoms with Crippen molar-refractivity contribution in [2.24, 2.45) is 0 Å². The lowest BCUT2D eigenvalue weighted by Crippen LogP contribution is -2.32. The Morgan fingerprint density at radius 3 is 2.71 bits per heavy atom. The first kappa shape index (κ1) is 11.7. The van der Waals surface area contributed by atoms with Crippen LogP contribution < -0.4 is 5.32 Å². The lowest BCUT2D eigenvalue weighted by molar-refractivity contribution is -0.120. The molecule has 1 fully saturated rings. The summed E-state index contributed by atoms with van der Waals surface area (Å²) in [5, 5.41) is 3.29. The smallest absolute Gasteiger partial charge is 0.135 e. The van der Waals surface area contributed by atoms with Crippen molar-refractivity contribution in [2.75, 3.05) is 19.7 Å². The Bertz CT molecular complexity index is 165. The van der Waals surface area contributed by atoms with Crippen LogP contribution >= 0.6 is 0 Å². The number of piperidine rings is 1. The maximum atomic E-state index is 11.2. The van der Waals surface area contributed by atoms with E-state index >= 15 is 0 Å². The van der Waals surface area contributed by atoms with E-state index in [9.17, 15) is 4.79 Å². The fourth-order valence-corrected chi connectivity index (χ4v) is 1.71. The first-order chi connectivity index (χ1) is 6.83. The summed E-state index contributed by atoms with van der Waals surface area (Å²) in [6.07, 6.45) is 4.80. The zero-order valence-corrected chi connectivity index (χ0v) is 9.05. The molecule has 1 N–H and O–H groups in total. The first-order valence-corrected chi connectivity index (χ1v) is 5.67. The third-order valence-electron chi connectivity index (χ3n) is 2.55. The van der Waals surface area contributed by atoms with Crippen molar-refractivity contribution in [1.29, 1.82) is 0 Å². The Kier molecular flexibility index (Phi) is 5.80.